The van der Waals surface area contributed by atoms with Gasteiger partial charge in [-0.05, 0) is 55.5 Å². The third kappa shape index (κ3) is 5.83. The molecule has 0 aromatic heterocycles. The van der Waals surface area contributed by atoms with E-state index in [1.165, 1.54) is 24.1 Å². The van der Waals surface area contributed by atoms with Crippen molar-refractivity contribution < 1.29 is 9.53 Å². The first kappa shape index (κ1) is 20.9. The van der Waals surface area contributed by atoms with Gasteiger partial charge in [0.15, 0.2) is 0 Å². The molecule has 1 saturated heterocycles. The summed E-state index contributed by atoms with van der Waals surface area (Å²) >= 11 is 0. The van der Waals surface area contributed by atoms with Crippen molar-refractivity contribution in [3.63, 3.8) is 0 Å². The van der Waals surface area contributed by atoms with Crippen molar-refractivity contribution in [1.82, 2.24) is 4.90 Å². The summed E-state index contributed by atoms with van der Waals surface area (Å²) in [5, 5.41) is 3.07. The lowest BCUT2D eigenvalue weighted by atomic mass is 10.1. The van der Waals surface area contributed by atoms with Crippen molar-refractivity contribution in [2.24, 2.45) is 5.92 Å². The Morgan fingerprint density at radius 2 is 1.80 bits per heavy atom. The van der Waals surface area contributed by atoms with E-state index in [1.807, 2.05) is 12.1 Å². The average molecular weight is 408 g/mol. The van der Waals surface area contributed by atoms with Gasteiger partial charge in [-0.25, -0.2) is 0 Å². The number of hydrogen-bond donors (Lipinski definition) is 1. The smallest absolute Gasteiger partial charge is 0.225 e. The first-order valence-corrected chi connectivity index (χ1v) is 11.2. The van der Waals surface area contributed by atoms with Crippen molar-refractivity contribution in [3.05, 3.63) is 60.2 Å². The molecule has 1 amide bonds. The lowest BCUT2D eigenvalue weighted by Gasteiger charge is -2.29. The molecule has 1 aliphatic carbocycles. The second kappa shape index (κ2) is 10.1. The van der Waals surface area contributed by atoms with Crippen molar-refractivity contribution in [2.45, 2.75) is 32.2 Å². The number of carbonyl (C=O) groups excluding carboxylic acids is 1. The van der Waals surface area contributed by atoms with Crippen LogP contribution in [0.3, 0.4) is 0 Å². The van der Waals surface area contributed by atoms with Crippen LogP contribution in [0.25, 0.3) is 0 Å². The Labute approximate surface area is 180 Å². The molecule has 2 aliphatic rings. The first-order chi connectivity index (χ1) is 14.7. The van der Waals surface area contributed by atoms with E-state index < -0.39 is 0 Å². The number of nitrogens with one attached hydrogen (secondary N) is 1. The Kier molecular flexibility index (Phi) is 7.03. The van der Waals surface area contributed by atoms with E-state index in [1.54, 1.807) is 0 Å². The van der Waals surface area contributed by atoms with Crippen LogP contribution < -0.4 is 10.2 Å². The number of benzene rings is 2. The molecule has 0 radical (unpaired) electrons. The van der Waals surface area contributed by atoms with Gasteiger partial charge in [-0.3, -0.25) is 9.69 Å². The molecule has 1 unspecified atom stereocenters. The topological polar surface area (TPSA) is 44.8 Å². The third-order valence-corrected chi connectivity index (χ3v) is 6.17. The fourth-order valence-electron chi connectivity index (χ4n) is 4.06. The van der Waals surface area contributed by atoms with E-state index in [4.69, 9.17) is 4.74 Å². The number of rotatable bonds is 9. The van der Waals surface area contributed by atoms with Crippen molar-refractivity contribution in [3.8, 4) is 0 Å². The zero-order valence-electron chi connectivity index (χ0n) is 17.9. The second-order valence-electron chi connectivity index (χ2n) is 8.47. The van der Waals surface area contributed by atoms with Gasteiger partial charge < -0.3 is 15.0 Å². The molecule has 160 valence electrons. The predicted molar refractivity (Wildman–Crippen MR) is 122 cm³/mol. The van der Waals surface area contributed by atoms with Gasteiger partial charge in [0.05, 0.1) is 13.2 Å². The summed E-state index contributed by atoms with van der Waals surface area (Å²) in [5.74, 6) is 0.877. The zero-order valence-corrected chi connectivity index (χ0v) is 17.9. The summed E-state index contributed by atoms with van der Waals surface area (Å²) in [5.41, 5.74) is 3.36. The molecule has 0 bridgehead atoms. The maximum Gasteiger partial charge on any atom is 0.225 e. The molecule has 1 heterocycles. The molecular formula is C25H33N3O2. The van der Waals surface area contributed by atoms with Crippen LogP contribution in [0.2, 0.25) is 0 Å². The number of nitrogens with zero attached hydrogens (tertiary/aromatic N) is 2. The number of morpholine rings is 1. The summed E-state index contributed by atoms with van der Waals surface area (Å²) in [4.78, 5) is 17.4. The Morgan fingerprint density at radius 1 is 1.10 bits per heavy atom. The minimum Gasteiger partial charge on any atom is -0.378 e. The van der Waals surface area contributed by atoms with Gasteiger partial charge in [-0.2, -0.15) is 0 Å². The summed E-state index contributed by atoms with van der Waals surface area (Å²) in [6.45, 7) is 7.50. The van der Waals surface area contributed by atoms with Crippen LogP contribution in [-0.4, -0.2) is 50.2 Å². The van der Waals surface area contributed by atoms with Crippen LogP contribution >= 0.6 is 0 Å². The Balaban J connectivity index is 1.29. The van der Waals surface area contributed by atoms with Gasteiger partial charge in [0.1, 0.15) is 0 Å². The second-order valence-corrected chi connectivity index (χ2v) is 8.47. The highest BCUT2D eigenvalue weighted by atomic mass is 16.5. The molecule has 1 N–H and O–H groups in total. The van der Waals surface area contributed by atoms with Gasteiger partial charge in [-0.15, -0.1) is 0 Å². The minimum absolute atomic E-state index is 0.0789. The van der Waals surface area contributed by atoms with E-state index in [0.717, 1.165) is 51.0 Å². The number of carbonyl (C=O) groups is 1. The van der Waals surface area contributed by atoms with Gasteiger partial charge >= 0.3 is 0 Å². The van der Waals surface area contributed by atoms with Crippen molar-refractivity contribution in [2.75, 3.05) is 49.6 Å². The molecule has 1 atom stereocenters. The van der Waals surface area contributed by atoms with E-state index in [-0.39, 0.29) is 5.91 Å². The van der Waals surface area contributed by atoms with Crippen molar-refractivity contribution >= 4 is 17.3 Å². The van der Waals surface area contributed by atoms with Crippen LogP contribution in [0.5, 0.6) is 0 Å². The van der Waals surface area contributed by atoms with Crippen LogP contribution in [0.4, 0.5) is 11.4 Å². The van der Waals surface area contributed by atoms with E-state index in [0.29, 0.717) is 12.5 Å². The highest BCUT2D eigenvalue weighted by Crippen LogP contribution is 2.32. The summed E-state index contributed by atoms with van der Waals surface area (Å²) in [7, 11) is 0. The van der Waals surface area contributed by atoms with Gasteiger partial charge in [0.2, 0.25) is 5.91 Å². The predicted octanol–water partition coefficient (Wildman–Crippen LogP) is 4.33. The summed E-state index contributed by atoms with van der Waals surface area (Å²) < 4.78 is 5.41. The molecule has 5 nitrogen and oxygen atoms in total. The highest BCUT2D eigenvalue weighted by Gasteiger charge is 2.27. The van der Waals surface area contributed by atoms with Crippen molar-refractivity contribution in [1.29, 1.82) is 0 Å². The summed E-state index contributed by atoms with van der Waals surface area (Å²) in [6.07, 6.45) is 3.15. The SMILES string of the molecule is CC(c1ccccc1)N(CCC(=O)Nc1ccc(N2CCOCC2)cc1)CC1CC1. The first-order valence-electron chi connectivity index (χ1n) is 11.2. The standard InChI is InChI=1S/C25H33N3O2/c1-20(22-5-3-2-4-6-22)28(19-21-7-8-21)14-13-25(29)26-23-9-11-24(12-10-23)27-15-17-30-18-16-27/h2-6,9-12,20-21H,7-8,13-19H2,1H3,(H,26,29). The summed E-state index contributed by atoms with van der Waals surface area (Å²) in [6, 6.07) is 19.1. The molecule has 0 spiro atoms. The minimum atomic E-state index is 0.0789. The van der Waals surface area contributed by atoms with Crippen LogP contribution in [0.1, 0.15) is 37.8 Å². The number of anilines is 2. The van der Waals surface area contributed by atoms with Gasteiger partial charge in [0.25, 0.3) is 0 Å². The molecule has 2 aromatic rings. The van der Waals surface area contributed by atoms with Crippen LogP contribution in [0, 0.1) is 5.92 Å². The molecule has 4 rings (SSSR count). The highest BCUT2D eigenvalue weighted by molar-refractivity contribution is 5.91. The molecule has 30 heavy (non-hydrogen) atoms. The average Bonchev–Trinajstić information content (AvgIpc) is 3.62. The Bertz CT molecular complexity index is 799. The number of amides is 1. The van der Waals surface area contributed by atoms with Gasteiger partial charge in [-0.1, -0.05) is 30.3 Å². The maximum atomic E-state index is 12.6. The zero-order chi connectivity index (χ0) is 20.8. The van der Waals surface area contributed by atoms with E-state index in [2.05, 4.69) is 64.5 Å². The molecule has 2 aromatic carbocycles. The number of ether oxygens (including phenoxy) is 1. The Morgan fingerprint density at radius 3 is 2.47 bits per heavy atom. The van der Waals surface area contributed by atoms with Crippen LogP contribution in [0.15, 0.2) is 54.6 Å². The molecule has 1 aliphatic heterocycles. The van der Waals surface area contributed by atoms with E-state index in [9.17, 15) is 4.79 Å². The monoisotopic (exact) mass is 407 g/mol. The quantitative estimate of drug-likeness (QED) is 0.672. The molecule has 5 heteroatoms. The third-order valence-electron chi connectivity index (χ3n) is 6.17. The molecule has 2 fully saturated rings. The fourth-order valence-corrected chi connectivity index (χ4v) is 4.06. The Hall–Kier alpha value is -2.37. The van der Waals surface area contributed by atoms with Crippen LogP contribution in [-0.2, 0) is 9.53 Å². The number of hydrogen-bond acceptors (Lipinski definition) is 4. The maximum absolute atomic E-state index is 12.6. The van der Waals surface area contributed by atoms with E-state index >= 15 is 0 Å². The normalized spacial score (nSPS) is 17.7. The molecule has 1 saturated carbocycles. The lowest BCUT2D eigenvalue weighted by molar-refractivity contribution is -0.116. The largest absolute Gasteiger partial charge is 0.378 e. The molecular weight excluding hydrogens is 374 g/mol. The van der Waals surface area contributed by atoms with Gasteiger partial charge in [0, 0.05) is 50.0 Å². The fraction of sp³-hybridized carbons (Fsp3) is 0.480. The lowest BCUT2D eigenvalue weighted by Crippen LogP contribution is -2.36.